The van der Waals surface area contributed by atoms with E-state index in [1.807, 2.05) is 0 Å². The molecule has 3 aromatic carbocycles. The molecule has 4 amide bonds. The molecule has 0 aromatic heterocycles. The van der Waals surface area contributed by atoms with Crippen molar-refractivity contribution in [1.29, 1.82) is 0 Å². The number of ether oxygens (including phenoxy) is 1. The van der Waals surface area contributed by atoms with Gasteiger partial charge in [0, 0.05) is 10.0 Å². The van der Waals surface area contributed by atoms with E-state index in [2.05, 4.69) is 37.4 Å². The molecule has 1 unspecified atom stereocenters. The van der Waals surface area contributed by atoms with Crippen LogP contribution in [-0.4, -0.2) is 36.8 Å². The van der Waals surface area contributed by atoms with E-state index in [1.165, 1.54) is 7.11 Å². The zero-order valence-electron chi connectivity index (χ0n) is 20.5. The van der Waals surface area contributed by atoms with Gasteiger partial charge < -0.3 is 15.4 Å². The number of anilines is 1. The average molecular weight is 567 g/mol. The van der Waals surface area contributed by atoms with Gasteiger partial charge in [-0.25, -0.2) is 0 Å². The molecule has 10 heteroatoms. The van der Waals surface area contributed by atoms with Gasteiger partial charge in [0.15, 0.2) is 0 Å². The molecule has 4 N–H and O–H groups in total. The maximum absolute atomic E-state index is 13.1. The number of para-hydroxylation sites is 1. The normalized spacial score (nSPS) is 11.3. The van der Waals surface area contributed by atoms with Crippen molar-refractivity contribution >= 4 is 45.2 Å². The molecule has 9 nitrogen and oxygen atoms in total. The van der Waals surface area contributed by atoms with Crippen molar-refractivity contribution in [3.8, 4) is 5.75 Å². The molecule has 0 heterocycles. The van der Waals surface area contributed by atoms with Crippen molar-refractivity contribution in [1.82, 2.24) is 16.2 Å². The molecule has 0 aliphatic rings. The van der Waals surface area contributed by atoms with Crippen LogP contribution in [0.5, 0.6) is 5.75 Å². The molecule has 0 aliphatic heterocycles. The number of hydrogen-bond acceptors (Lipinski definition) is 5. The van der Waals surface area contributed by atoms with Gasteiger partial charge in [0.1, 0.15) is 11.8 Å². The highest BCUT2D eigenvalue weighted by molar-refractivity contribution is 9.10. The minimum absolute atomic E-state index is 0.181. The lowest BCUT2D eigenvalue weighted by atomic mass is 10.0. The second-order valence-corrected chi connectivity index (χ2v) is 9.20. The van der Waals surface area contributed by atoms with Crippen LogP contribution in [0.1, 0.15) is 44.9 Å². The standard InChI is InChI=1S/C27H27BrN4O5/c1-16(2)23(27(36)32-31-26(35)19-8-4-6-10-21(19)28)30-25(34)20-9-5-7-11-22(20)29-24(33)17-12-14-18(37-3)15-13-17/h4-16,23H,1-3H3,(H,29,33)(H,30,34)(H,31,35)(H,32,36). The van der Waals surface area contributed by atoms with Crippen LogP contribution in [-0.2, 0) is 4.79 Å². The number of carbonyl (C=O) groups excluding carboxylic acids is 4. The molecule has 1 atom stereocenters. The molecule has 3 aromatic rings. The predicted molar refractivity (Wildman–Crippen MR) is 143 cm³/mol. The summed E-state index contributed by atoms with van der Waals surface area (Å²) >= 11 is 3.29. The van der Waals surface area contributed by atoms with Crippen LogP contribution < -0.4 is 26.2 Å². The van der Waals surface area contributed by atoms with E-state index in [4.69, 9.17) is 4.74 Å². The van der Waals surface area contributed by atoms with Gasteiger partial charge in [-0.2, -0.15) is 0 Å². The summed E-state index contributed by atoms with van der Waals surface area (Å²) in [5.74, 6) is -1.76. The molecule has 0 aliphatic carbocycles. The first-order valence-electron chi connectivity index (χ1n) is 11.4. The van der Waals surface area contributed by atoms with Crippen molar-refractivity contribution in [2.24, 2.45) is 5.92 Å². The topological polar surface area (TPSA) is 126 Å². The lowest BCUT2D eigenvalue weighted by Crippen LogP contribution is -2.54. The first-order valence-corrected chi connectivity index (χ1v) is 12.2. The number of amides is 4. The van der Waals surface area contributed by atoms with Crippen LogP contribution in [0.2, 0.25) is 0 Å². The Labute approximate surface area is 223 Å². The summed E-state index contributed by atoms with van der Waals surface area (Å²) in [6.45, 7) is 3.52. The van der Waals surface area contributed by atoms with Crippen molar-refractivity contribution in [3.63, 3.8) is 0 Å². The highest BCUT2D eigenvalue weighted by Gasteiger charge is 2.26. The quantitative estimate of drug-likeness (QED) is 0.307. The fraction of sp³-hybridized carbons (Fsp3) is 0.185. The minimum Gasteiger partial charge on any atom is -0.497 e. The van der Waals surface area contributed by atoms with Gasteiger partial charge in [-0.1, -0.05) is 38.1 Å². The highest BCUT2D eigenvalue weighted by atomic mass is 79.9. The SMILES string of the molecule is COc1ccc(C(=O)Nc2ccccc2C(=O)NC(C(=O)NNC(=O)c2ccccc2Br)C(C)C)cc1. The summed E-state index contributed by atoms with van der Waals surface area (Å²) in [4.78, 5) is 51.1. The molecule has 0 saturated carbocycles. The molecule has 0 saturated heterocycles. The minimum atomic E-state index is -0.961. The Kier molecular flexibility index (Phi) is 9.39. The van der Waals surface area contributed by atoms with E-state index in [0.29, 0.717) is 21.3 Å². The Morgan fingerprint density at radius 1 is 0.757 bits per heavy atom. The average Bonchev–Trinajstić information content (AvgIpc) is 2.90. The smallest absolute Gasteiger partial charge is 0.270 e. The number of methoxy groups -OCH3 is 1. The van der Waals surface area contributed by atoms with Gasteiger partial charge in [0.2, 0.25) is 0 Å². The molecule has 0 bridgehead atoms. The number of halogens is 1. The molecular formula is C27H27BrN4O5. The van der Waals surface area contributed by atoms with Crippen LogP contribution >= 0.6 is 15.9 Å². The van der Waals surface area contributed by atoms with E-state index >= 15 is 0 Å². The highest BCUT2D eigenvalue weighted by Crippen LogP contribution is 2.19. The first-order chi connectivity index (χ1) is 17.7. The van der Waals surface area contributed by atoms with Gasteiger partial charge in [-0.3, -0.25) is 30.0 Å². The molecule has 0 radical (unpaired) electrons. The van der Waals surface area contributed by atoms with Crippen molar-refractivity contribution < 1.29 is 23.9 Å². The zero-order chi connectivity index (χ0) is 26.9. The van der Waals surface area contributed by atoms with Gasteiger partial charge in [0.05, 0.1) is 23.9 Å². The third-order valence-corrected chi connectivity index (χ3v) is 6.12. The largest absolute Gasteiger partial charge is 0.497 e. The third-order valence-electron chi connectivity index (χ3n) is 5.43. The van der Waals surface area contributed by atoms with Crippen LogP contribution in [0.4, 0.5) is 5.69 Å². The number of hydrogen-bond donors (Lipinski definition) is 4. The monoisotopic (exact) mass is 566 g/mol. The lowest BCUT2D eigenvalue weighted by Gasteiger charge is -2.22. The molecular weight excluding hydrogens is 540 g/mol. The maximum atomic E-state index is 13.1. The van der Waals surface area contributed by atoms with E-state index in [1.54, 1.807) is 86.6 Å². The van der Waals surface area contributed by atoms with E-state index in [9.17, 15) is 19.2 Å². The number of rotatable bonds is 8. The summed E-state index contributed by atoms with van der Waals surface area (Å²) in [7, 11) is 1.53. The summed E-state index contributed by atoms with van der Waals surface area (Å²) in [6.07, 6.45) is 0. The summed E-state index contributed by atoms with van der Waals surface area (Å²) in [5, 5.41) is 5.43. The first kappa shape index (κ1) is 27.4. The number of nitrogens with one attached hydrogen (secondary N) is 4. The molecule has 0 spiro atoms. The molecule has 37 heavy (non-hydrogen) atoms. The zero-order valence-corrected chi connectivity index (χ0v) is 22.1. The van der Waals surface area contributed by atoms with E-state index < -0.39 is 29.7 Å². The van der Waals surface area contributed by atoms with Gasteiger partial charge in [-0.15, -0.1) is 0 Å². The summed E-state index contributed by atoms with van der Waals surface area (Å²) < 4.78 is 5.68. The number of benzene rings is 3. The Hall–Kier alpha value is -4.18. The number of carbonyl (C=O) groups is 4. The fourth-order valence-electron chi connectivity index (χ4n) is 3.39. The third kappa shape index (κ3) is 7.17. The second-order valence-electron chi connectivity index (χ2n) is 8.35. The van der Waals surface area contributed by atoms with E-state index in [-0.39, 0.29) is 17.2 Å². The molecule has 0 fully saturated rings. The van der Waals surface area contributed by atoms with Crippen molar-refractivity contribution in [2.75, 3.05) is 12.4 Å². The number of hydrazine groups is 1. The predicted octanol–water partition coefficient (Wildman–Crippen LogP) is 3.93. The lowest BCUT2D eigenvalue weighted by molar-refractivity contribution is -0.124. The van der Waals surface area contributed by atoms with Gasteiger partial charge >= 0.3 is 0 Å². The van der Waals surface area contributed by atoms with Gasteiger partial charge in [0.25, 0.3) is 23.6 Å². The summed E-state index contributed by atoms with van der Waals surface area (Å²) in [6, 6.07) is 18.8. The van der Waals surface area contributed by atoms with Crippen LogP contribution in [0.25, 0.3) is 0 Å². The molecule has 3 rings (SSSR count). The Morgan fingerprint density at radius 3 is 2.00 bits per heavy atom. The van der Waals surface area contributed by atoms with Crippen LogP contribution in [0.15, 0.2) is 77.3 Å². The fourth-order valence-corrected chi connectivity index (χ4v) is 3.85. The Morgan fingerprint density at radius 2 is 1.38 bits per heavy atom. The van der Waals surface area contributed by atoms with Crippen LogP contribution in [0, 0.1) is 5.92 Å². The Bertz CT molecular complexity index is 1290. The second kappa shape index (κ2) is 12.7. The Balaban J connectivity index is 1.69. The summed E-state index contributed by atoms with van der Waals surface area (Å²) in [5.41, 5.74) is 5.93. The molecule has 192 valence electrons. The van der Waals surface area contributed by atoms with Crippen molar-refractivity contribution in [2.45, 2.75) is 19.9 Å². The maximum Gasteiger partial charge on any atom is 0.270 e. The van der Waals surface area contributed by atoms with Gasteiger partial charge in [-0.05, 0) is 70.4 Å². The van der Waals surface area contributed by atoms with Crippen molar-refractivity contribution in [3.05, 3.63) is 94.0 Å². The van der Waals surface area contributed by atoms with E-state index in [0.717, 1.165) is 0 Å². The van der Waals surface area contributed by atoms with Crippen LogP contribution in [0.3, 0.4) is 0 Å².